The molecule has 1 saturated heterocycles. The number of nitrogens with one attached hydrogen (secondary N) is 2. The molecule has 0 unspecified atom stereocenters. The second kappa shape index (κ2) is 8.42. The third-order valence-electron chi connectivity index (χ3n) is 4.32. The van der Waals surface area contributed by atoms with Gasteiger partial charge >= 0.3 is 0 Å². The van der Waals surface area contributed by atoms with Crippen molar-refractivity contribution in [2.75, 3.05) is 38.6 Å². The summed E-state index contributed by atoms with van der Waals surface area (Å²) in [5.74, 6) is 0.686. The van der Waals surface area contributed by atoms with Crippen LogP contribution in [0.5, 0.6) is 0 Å². The number of anilines is 1. The lowest BCUT2D eigenvalue weighted by atomic mass is 10.2. The van der Waals surface area contributed by atoms with Crippen molar-refractivity contribution in [2.24, 2.45) is 0 Å². The highest BCUT2D eigenvalue weighted by atomic mass is 16.5. The van der Waals surface area contributed by atoms with E-state index in [9.17, 15) is 4.79 Å². The Morgan fingerprint density at radius 1 is 1.52 bits per heavy atom. The van der Waals surface area contributed by atoms with Gasteiger partial charge in [-0.15, -0.1) is 0 Å². The third-order valence-corrected chi connectivity index (χ3v) is 4.32. The summed E-state index contributed by atoms with van der Waals surface area (Å²) in [5.41, 5.74) is 0. The molecule has 1 aliphatic heterocycles. The van der Waals surface area contributed by atoms with Gasteiger partial charge in [0, 0.05) is 25.7 Å². The van der Waals surface area contributed by atoms with Crippen LogP contribution in [0.4, 0.5) is 5.82 Å². The Morgan fingerprint density at radius 3 is 3.00 bits per heavy atom. The van der Waals surface area contributed by atoms with Crippen LogP contribution in [0.3, 0.4) is 0 Å². The molecular formula is C16H29N5O2. The SMILES string of the molecule is CC[C@H](C)n1nccc1NC(=O)[C@H](C)NC[C@H]1CN(C)CCO1. The number of carbonyl (C=O) groups excluding carboxylic acids is 1. The highest BCUT2D eigenvalue weighted by Gasteiger charge is 2.21. The first kappa shape index (κ1) is 17.9. The molecule has 7 heteroatoms. The first-order valence-electron chi connectivity index (χ1n) is 8.39. The molecular weight excluding hydrogens is 294 g/mol. The van der Waals surface area contributed by atoms with Crippen molar-refractivity contribution in [3.05, 3.63) is 12.3 Å². The summed E-state index contributed by atoms with van der Waals surface area (Å²) in [6.45, 7) is 9.33. The molecule has 130 valence electrons. The third kappa shape index (κ3) is 5.02. The fraction of sp³-hybridized carbons (Fsp3) is 0.750. The molecule has 0 bridgehead atoms. The Labute approximate surface area is 138 Å². The number of likely N-dealkylation sites (N-methyl/N-ethyl adjacent to an activating group) is 1. The van der Waals surface area contributed by atoms with Crippen molar-refractivity contribution in [1.29, 1.82) is 0 Å². The van der Waals surface area contributed by atoms with E-state index in [1.54, 1.807) is 6.20 Å². The van der Waals surface area contributed by atoms with Gasteiger partial charge in [0.15, 0.2) is 0 Å². The molecule has 7 nitrogen and oxygen atoms in total. The van der Waals surface area contributed by atoms with Gasteiger partial charge in [0.05, 0.1) is 31.0 Å². The maximum atomic E-state index is 12.3. The van der Waals surface area contributed by atoms with E-state index in [-0.39, 0.29) is 24.1 Å². The van der Waals surface area contributed by atoms with E-state index in [2.05, 4.69) is 41.5 Å². The van der Waals surface area contributed by atoms with Crippen LogP contribution in [0.1, 0.15) is 33.2 Å². The minimum Gasteiger partial charge on any atom is -0.374 e. The van der Waals surface area contributed by atoms with E-state index in [1.165, 1.54) is 0 Å². The maximum Gasteiger partial charge on any atom is 0.242 e. The van der Waals surface area contributed by atoms with Crippen LogP contribution < -0.4 is 10.6 Å². The molecule has 0 radical (unpaired) electrons. The number of amides is 1. The lowest BCUT2D eigenvalue weighted by Gasteiger charge is -2.30. The summed E-state index contributed by atoms with van der Waals surface area (Å²) >= 11 is 0. The van der Waals surface area contributed by atoms with Gasteiger partial charge in [-0.25, -0.2) is 4.68 Å². The molecule has 1 fully saturated rings. The molecule has 0 aromatic carbocycles. The Morgan fingerprint density at radius 2 is 2.30 bits per heavy atom. The standard InChI is InChI=1S/C16H29N5O2/c1-5-12(2)21-15(6-7-18-21)19-16(22)13(3)17-10-14-11-20(4)8-9-23-14/h6-7,12-14,17H,5,8-11H2,1-4H3,(H,19,22)/t12-,13-,14-/m0/s1. The zero-order valence-electron chi connectivity index (χ0n) is 14.6. The fourth-order valence-corrected chi connectivity index (χ4v) is 2.56. The van der Waals surface area contributed by atoms with Crippen LogP contribution in [-0.2, 0) is 9.53 Å². The van der Waals surface area contributed by atoms with E-state index >= 15 is 0 Å². The molecule has 3 atom stereocenters. The Kier molecular flexibility index (Phi) is 6.56. The summed E-state index contributed by atoms with van der Waals surface area (Å²) in [4.78, 5) is 14.6. The molecule has 1 aromatic heterocycles. The lowest BCUT2D eigenvalue weighted by Crippen LogP contribution is -2.48. The van der Waals surface area contributed by atoms with Crippen molar-refractivity contribution in [1.82, 2.24) is 20.0 Å². The van der Waals surface area contributed by atoms with Gasteiger partial charge in [-0.2, -0.15) is 5.10 Å². The zero-order chi connectivity index (χ0) is 16.8. The quantitative estimate of drug-likeness (QED) is 0.786. The molecule has 1 amide bonds. The first-order valence-corrected chi connectivity index (χ1v) is 8.39. The monoisotopic (exact) mass is 323 g/mol. The Hall–Kier alpha value is -1.44. The summed E-state index contributed by atoms with van der Waals surface area (Å²) < 4.78 is 7.55. The predicted molar refractivity (Wildman–Crippen MR) is 90.6 cm³/mol. The van der Waals surface area contributed by atoms with Crippen molar-refractivity contribution in [3.8, 4) is 0 Å². The number of morpholine rings is 1. The van der Waals surface area contributed by atoms with Gasteiger partial charge in [0.2, 0.25) is 5.91 Å². The smallest absolute Gasteiger partial charge is 0.242 e. The van der Waals surface area contributed by atoms with Crippen molar-refractivity contribution < 1.29 is 9.53 Å². The minimum absolute atomic E-state index is 0.0563. The van der Waals surface area contributed by atoms with Crippen LogP contribution in [-0.4, -0.2) is 66.0 Å². The van der Waals surface area contributed by atoms with Gasteiger partial charge in [-0.3, -0.25) is 4.79 Å². The predicted octanol–water partition coefficient (Wildman–Crippen LogP) is 1.10. The van der Waals surface area contributed by atoms with Gasteiger partial charge in [0.1, 0.15) is 5.82 Å². The Bertz CT molecular complexity index is 504. The van der Waals surface area contributed by atoms with Crippen LogP contribution in [0.15, 0.2) is 12.3 Å². The molecule has 2 N–H and O–H groups in total. The second-order valence-corrected chi connectivity index (χ2v) is 6.29. The molecule has 0 spiro atoms. The topological polar surface area (TPSA) is 71.4 Å². The largest absolute Gasteiger partial charge is 0.374 e. The number of rotatable bonds is 7. The zero-order valence-corrected chi connectivity index (χ0v) is 14.6. The lowest BCUT2D eigenvalue weighted by molar-refractivity contribution is -0.118. The van der Waals surface area contributed by atoms with Gasteiger partial charge < -0.3 is 20.3 Å². The average molecular weight is 323 g/mol. The average Bonchev–Trinajstić information content (AvgIpc) is 3.00. The maximum absolute atomic E-state index is 12.3. The van der Waals surface area contributed by atoms with E-state index in [1.807, 2.05) is 17.7 Å². The highest BCUT2D eigenvalue weighted by Crippen LogP contribution is 2.16. The molecule has 1 aromatic rings. The van der Waals surface area contributed by atoms with Crippen molar-refractivity contribution >= 4 is 11.7 Å². The number of ether oxygens (including phenoxy) is 1. The van der Waals surface area contributed by atoms with Crippen LogP contribution >= 0.6 is 0 Å². The molecule has 1 aliphatic rings. The summed E-state index contributed by atoms with van der Waals surface area (Å²) in [6, 6.07) is 1.80. The molecule has 0 aliphatic carbocycles. The molecule has 23 heavy (non-hydrogen) atoms. The molecule has 0 saturated carbocycles. The normalized spacial score (nSPS) is 21.8. The number of aromatic nitrogens is 2. The number of carbonyl (C=O) groups is 1. The van der Waals surface area contributed by atoms with Crippen molar-refractivity contribution in [2.45, 2.75) is 45.4 Å². The van der Waals surface area contributed by atoms with E-state index < -0.39 is 0 Å². The van der Waals surface area contributed by atoms with Crippen molar-refractivity contribution in [3.63, 3.8) is 0 Å². The first-order chi connectivity index (χ1) is 11.0. The van der Waals surface area contributed by atoms with Gasteiger partial charge in [-0.1, -0.05) is 6.92 Å². The van der Waals surface area contributed by atoms with E-state index in [4.69, 9.17) is 4.74 Å². The molecule has 2 heterocycles. The molecule has 2 rings (SSSR count). The van der Waals surface area contributed by atoms with Crippen LogP contribution in [0.2, 0.25) is 0 Å². The number of hydrogen-bond donors (Lipinski definition) is 2. The summed E-state index contributed by atoms with van der Waals surface area (Å²) in [6.07, 6.45) is 2.81. The minimum atomic E-state index is -0.286. The fourth-order valence-electron chi connectivity index (χ4n) is 2.56. The Balaban J connectivity index is 1.82. The number of nitrogens with zero attached hydrogens (tertiary/aromatic N) is 3. The second-order valence-electron chi connectivity index (χ2n) is 6.29. The van der Waals surface area contributed by atoms with E-state index in [0.717, 1.165) is 31.9 Å². The van der Waals surface area contributed by atoms with E-state index in [0.29, 0.717) is 6.54 Å². The van der Waals surface area contributed by atoms with Gasteiger partial charge in [0.25, 0.3) is 0 Å². The number of hydrogen-bond acceptors (Lipinski definition) is 5. The highest BCUT2D eigenvalue weighted by molar-refractivity contribution is 5.93. The van der Waals surface area contributed by atoms with Crippen LogP contribution in [0.25, 0.3) is 0 Å². The summed E-state index contributed by atoms with van der Waals surface area (Å²) in [5, 5.41) is 10.5. The summed E-state index contributed by atoms with van der Waals surface area (Å²) in [7, 11) is 2.09. The van der Waals surface area contributed by atoms with Crippen LogP contribution in [0, 0.1) is 0 Å². The van der Waals surface area contributed by atoms with Gasteiger partial charge in [-0.05, 0) is 27.3 Å².